The predicted molar refractivity (Wildman–Crippen MR) is 78.0 cm³/mol. The molecule has 1 aromatic rings. The summed E-state index contributed by atoms with van der Waals surface area (Å²) in [5, 5.41) is 10.3. The molecule has 3 atom stereocenters. The molecule has 0 amide bonds. The molecule has 1 saturated carbocycles. The van der Waals surface area contributed by atoms with Crippen LogP contribution in [0.4, 0.5) is 0 Å². The summed E-state index contributed by atoms with van der Waals surface area (Å²) in [6.07, 6.45) is 11.9. The number of hydrogen-bond acceptors (Lipinski definition) is 4. The number of aliphatic hydroxyl groups excluding tert-OH is 1. The zero-order valence-corrected chi connectivity index (χ0v) is 12.1. The van der Waals surface area contributed by atoms with E-state index in [-0.39, 0.29) is 6.10 Å². The highest BCUT2D eigenvalue weighted by Crippen LogP contribution is 2.34. The first kappa shape index (κ1) is 14.0. The lowest BCUT2D eigenvalue weighted by atomic mass is 9.78. The molecule has 2 aliphatic rings. The molecule has 4 nitrogen and oxygen atoms in total. The molecule has 1 saturated heterocycles. The minimum atomic E-state index is -0.106. The van der Waals surface area contributed by atoms with Gasteiger partial charge >= 0.3 is 0 Å². The molecule has 0 aromatic carbocycles. The lowest BCUT2D eigenvalue weighted by Gasteiger charge is -2.43. The highest BCUT2D eigenvalue weighted by atomic mass is 16.3. The normalized spacial score (nSPS) is 32.1. The van der Waals surface area contributed by atoms with Gasteiger partial charge in [-0.1, -0.05) is 19.3 Å². The molecule has 4 heteroatoms. The van der Waals surface area contributed by atoms with Crippen molar-refractivity contribution in [3.05, 3.63) is 24.3 Å². The summed E-state index contributed by atoms with van der Waals surface area (Å²) < 4.78 is 0. The third kappa shape index (κ3) is 3.18. The molecule has 3 rings (SSSR count). The summed E-state index contributed by atoms with van der Waals surface area (Å²) in [6.45, 7) is 1.95. The lowest BCUT2D eigenvalue weighted by Crippen LogP contribution is -2.48. The van der Waals surface area contributed by atoms with E-state index >= 15 is 0 Å². The first-order valence-corrected chi connectivity index (χ1v) is 8.02. The van der Waals surface area contributed by atoms with Crippen LogP contribution in [0.3, 0.4) is 0 Å². The van der Waals surface area contributed by atoms with E-state index < -0.39 is 0 Å². The number of aliphatic hydroxyl groups is 1. The van der Waals surface area contributed by atoms with Crippen LogP contribution in [0.2, 0.25) is 0 Å². The molecule has 0 bridgehead atoms. The van der Waals surface area contributed by atoms with Gasteiger partial charge in [0.15, 0.2) is 0 Å². The van der Waals surface area contributed by atoms with Crippen LogP contribution in [0.15, 0.2) is 18.5 Å². The molecule has 2 fully saturated rings. The van der Waals surface area contributed by atoms with E-state index in [0.29, 0.717) is 12.0 Å². The van der Waals surface area contributed by atoms with Crippen LogP contribution >= 0.6 is 0 Å². The number of hydrogen-bond donors (Lipinski definition) is 1. The lowest BCUT2D eigenvalue weighted by molar-refractivity contribution is -0.00946. The van der Waals surface area contributed by atoms with Gasteiger partial charge in [0, 0.05) is 24.4 Å². The summed E-state index contributed by atoms with van der Waals surface area (Å²) in [5.74, 6) is 1.36. The summed E-state index contributed by atoms with van der Waals surface area (Å²) >= 11 is 0. The Morgan fingerprint density at radius 3 is 2.60 bits per heavy atom. The van der Waals surface area contributed by atoms with E-state index in [0.717, 1.165) is 25.3 Å². The fourth-order valence-electron chi connectivity index (χ4n) is 3.88. The van der Waals surface area contributed by atoms with Crippen molar-refractivity contribution in [1.29, 1.82) is 0 Å². The van der Waals surface area contributed by atoms with Crippen molar-refractivity contribution in [3.63, 3.8) is 0 Å². The highest BCUT2D eigenvalue weighted by Gasteiger charge is 2.35. The minimum Gasteiger partial charge on any atom is -0.393 e. The van der Waals surface area contributed by atoms with E-state index in [2.05, 4.69) is 14.9 Å². The average molecular weight is 275 g/mol. The fraction of sp³-hybridized carbons (Fsp3) is 0.750. The molecule has 1 aliphatic heterocycles. The van der Waals surface area contributed by atoms with Crippen molar-refractivity contribution >= 4 is 0 Å². The first-order valence-electron chi connectivity index (χ1n) is 8.02. The smallest absolute Gasteiger partial charge is 0.142 e. The molecule has 3 unspecified atom stereocenters. The third-order valence-electron chi connectivity index (χ3n) is 4.90. The summed E-state index contributed by atoms with van der Waals surface area (Å²) in [7, 11) is 0. The second kappa shape index (κ2) is 6.64. The van der Waals surface area contributed by atoms with Crippen molar-refractivity contribution in [2.75, 3.05) is 6.54 Å². The molecular formula is C16H25N3O. The number of likely N-dealkylation sites (tertiary alicyclic amines) is 1. The average Bonchev–Trinajstić information content (AvgIpc) is 2.50. The Morgan fingerprint density at radius 1 is 1.05 bits per heavy atom. The van der Waals surface area contributed by atoms with Crippen LogP contribution in [0, 0.1) is 5.92 Å². The van der Waals surface area contributed by atoms with Crippen LogP contribution in [-0.4, -0.2) is 38.7 Å². The molecule has 2 heterocycles. The third-order valence-corrected chi connectivity index (χ3v) is 4.90. The van der Waals surface area contributed by atoms with Gasteiger partial charge in [0.25, 0.3) is 0 Å². The Bertz CT molecular complexity index is 411. The molecule has 20 heavy (non-hydrogen) atoms. The van der Waals surface area contributed by atoms with Crippen molar-refractivity contribution in [2.24, 2.45) is 5.92 Å². The summed E-state index contributed by atoms with van der Waals surface area (Å²) in [6, 6.07) is 2.38. The van der Waals surface area contributed by atoms with Gasteiger partial charge in [0.1, 0.15) is 5.82 Å². The number of aromatic nitrogens is 2. The highest BCUT2D eigenvalue weighted by molar-refractivity contribution is 4.93. The van der Waals surface area contributed by atoms with Gasteiger partial charge in [-0.05, 0) is 38.3 Å². The topological polar surface area (TPSA) is 49.2 Å². The van der Waals surface area contributed by atoms with Crippen molar-refractivity contribution in [3.8, 4) is 0 Å². The van der Waals surface area contributed by atoms with Crippen molar-refractivity contribution in [2.45, 2.75) is 63.6 Å². The Balaban J connectivity index is 1.70. The maximum absolute atomic E-state index is 10.3. The van der Waals surface area contributed by atoms with E-state index in [9.17, 15) is 5.11 Å². The van der Waals surface area contributed by atoms with Crippen LogP contribution < -0.4 is 0 Å². The van der Waals surface area contributed by atoms with Crippen molar-refractivity contribution < 1.29 is 5.11 Å². The zero-order valence-electron chi connectivity index (χ0n) is 12.1. The largest absolute Gasteiger partial charge is 0.393 e. The number of nitrogens with zero attached hydrogens (tertiary/aromatic N) is 3. The Morgan fingerprint density at radius 2 is 1.80 bits per heavy atom. The fourth-order valence-corrected chi connectivity index (χ4v) is 3.88. The van der Waals surface area contributed by atoms with Crippen molar-refractivity contribution in [1.82, 2.24) is 14.9 Å². The van der Waals surface area contributed by atoms with Crippen LogP contribution in [0.5, 0.6) is 0 Å². The Labute approximate surface area is 121 Å². The number of rotatable bonds is 3. The van der Waals surface area contributed by atoms with Gasteiger partial charge in [-0.25, -0.2) is 9.97 Å². The van der Waals surface area contributed by atoms with E-state index in [1.165, 1.54) is 38.5 Å². The van der Waals surface area contributed by atoms with Crippen LogP contribution in [-0.2, 0) is 6.54 Å². The maximum atomic E-state index is 10.3. The quantitative estimate of drug-likeness (QED) is 0.920. The molecule has 0 radical (unpaired) electrons. The molecule has 1 aliphatic carbocycles. The first-order chi connectivity index (χ1) is 9.84. The SMILES string of the molecule is OC1CCCCC1C1CCCCN1Cc1ncccn1. The van der Waals surface area contributed by atoms with Gasteiger partial charge in [-0.15, -0.1) is 0 Å². The van der Waals surface area contributed by atoms with Gasteiger partial charge in [0.05, 0.1) is 12.6 Å². The van der Waals surface area contributed by atoms with E-state index in [1.54, 1.807) is 0 Å². The zero-order chi connectivity index (χ0) is 13.8. The van der Waals surface area contributed by atoms with Gasteiger partial charge in [-0.3, -0.25) is 4.90 Å². The van der Waals surface area contributed by atoms with Gasteiger partial charge in [-0.2, -0.15) is 0 Å². The summed E-state index contributed by atoms with van der Waals surface area (Å²) in [5.41, 5.74) is 0. The summed E-state index contributed by atoms with van der Waals surface area (Å²) in [4.78, 5) is 11.2. The van der Waals surface area contributed by atoms with E-state index in [4.69, 9.17) is 0 Å². The van der Waals surface area contributed by atoms with Crippen LogP contribution in [0.1, 0.15) is 50.8 Å². The second-order valence-corrected chi connectivity index (χ2v) is 6.21. The van der Waals surface area contributed by atoms with Crippen LogP contribution in [0.25, 0.3) is 0 Å². The molecule has 1 aromatic heterocycles. The molecule has 0 spiro atoms. The second-order valence-electron chi connectivity index (χ2n) is 6.21. The van der Waals surface area contributed by atoms with Gasteiger partial charge in [0.2, 0.25) is 0 Å². The number of piperidine rings is 1. The Hall–Kier alpha value is -1.00. The monoisotopic (exact) mass is 275 g/mol. The van der Waals surface area contributed by atoms with E-state index in [1.807, 2.05) is 18.5 Å². The molecule has 1 N–H and O–H groups in total. The molecular weight excluding hydrogens is 250 g/mol. The maximum Gasteiger partial charge on any atom is 0.142 e. The van der Waals surface area contributed by atoms with Gasteiger partial charge < -0.3 is 5.11 Å². The standard InChI is InChI=1S/C16H25N3O/c20-15-8-2-1-6-13(15)14-7-3-4-11-19(14)12-16-17-9-5-10-18-16/h5,9-10,13-15,20H,1-4,6-8,11-12H2. The molecule has 110 valence electrons. The predicted octanol–water partition coefficient (Wildman–Crippen LogP) is 2.38. The minimum absolute atomic E-state index is 0.106. The Kier molecular flexibility index (Phi) is 4.63.